The van der Waals surface area contributed by atoms with E-state index in [4.69, 9.17) is 23.2 Å². The number of hydrogen-bond donors (Lipinski definition) is 1. The van der Waals surface area contributed by atoms with Crippen molar-refractivity contribution in [2.75, 3.05) is 11.9 Å². The Morgan fingerprint density at radius 1 is 1.08 bits per heavy atom. The van der Waals surface area contributed by atoms with Crippen LogP contribution in [0.2, 0.25) is 10.0 Å². The molecule has 0 spiro atoms. The zero-order chi connectivity index (χ0) is 17.5. The summed E-state index contributed by atoms with van der Waals surface area (Å²) in [6, 6.07) is 10.2. The van der Waals surface area contributed by atoms with Crippen LogP contribution in [0.4, 0.5) is 5.69 Å². The number of anilines is 1. The molecule has 124 valence electrons. The number of fused-ring (bicyclic) bond motifs is 1. The molecule has 0 atom stereocenters. The number of hydrogen-bond acceptors (Lipinski definition) is 4. The molecular formula is C15H10Cl2N2O4S. The maximum atomic E-state index is 12.4. The number of rotatable bonds is 3. The zero-order valence-corrected chi connectivity index (χ0v) is 14.3. The lowest BCUT2D eigenvalue weighted by atomic mass is 10.2. The van der Waals surface area contributed by atoms with Gasteiger partial charge in [0.1, 0.15) is 11.4 Å². The molecule has 0 aromatic heterocycles. The third-order valence-corrected chi connectivity index (χ3v) is 5.57. The first-order chi connectivity index (χ1) is 11.3. The highest BCUT2D eigenvalue weighted by atomic mass is 35.5. The third kappa shape index (κ3) is 2.98. The lowest BCUT2D eigenvalue weighted by Gasteiger charge is -2.15. The summed E-state index contributed by atoms with van der Waals surface area (Å²) in [6.07, 6.45) is 0. The van der Waals surface area contributed by atoms with E-state index in [1.54, 1.807) is 6.07 Å². The van der Waals surface area contributed by atoms with Crippen molar-refractivity contribution in [3.8, 4) is 0 Å². The Bertz CT molecular complexity index is 939. The van der Waals surface area contributed by atoms with Gasteiger partial charge in [0.15, 0.2) is 0 Å². The van der Waals surface area contributed by atoms with Gasteiger partial charge in [-0.15, -0.1) is 0 Å². The van der Waals surface area contributed by atoms with E-state index in [2.05, 4.69) is 5.32 Å². The Kier molecular flexibility index (Phi) is 4.25. The molecule has 0 fully saturated rings. The first-order valence-electron chi connectivity index (χ1n) is 6.71. The monoisotopic (exact) mass is 384 g/mol. The van der Waals surface area contributed by atoms with Crippen LogP contribution in [0.1, 0.15) is 10.4 Å². The SMILES string of the molecule is O=C(CN1C(=O)c2ccccc2S1(=O)=O)Nc1cc(Cl)cc(Cl)c1. The molecule has 24 heavy (non-hydrogen) atoms. The fraction of sp³-hybridized carbons (Fsp3) is 0.0667. The number of sulfonamides is 1. The van der Waals surface area contributed by atoms with Crippen molar-refractivity contribution in [3.63, 3.8) is 0 Å². The predicted octanol–water partition coefficient (Wildman–Crippen LogP) is 2.78. The zero-order valence-electron chi connectivity index (χ0n) is 12.0. The summed E-state index contributed by atoms with van der Waals surface area (Å²) in [5.41, 5.74) is 0.357. The minimum absolute atomic E-state index is 0.0519. The minimum Gasteiger partial charge on any atom is -0.324 e. The molecule has 1 aliphatic heterocycles. The van der Waals surface area contributed by atoms with Gasteiger partial charge in [-0.2, -0.15) is 0 Å². The second kappa shape index (κ2) is 6.08. The first-order valence-corrected chi connectivity index (χ1v) is 8.91. The maximum Gasteiger partial charge on any atom is 0.269 e. The van der Waals surface area contributed by atoms with Crippen LogP contribution in [-0.2, 0) is 14.8 Å². The van der Waals surface area contributed by atoms with Crippen LogP contribution in [-0.4, -0.2) is 31.1 Å². The minimum atomic E-state index is -4.03. The molecule has 6 nitrogen and oxygen atoms in total. The lowest BCUT2D eigenvalue weighted by molar-refractivity contribution is -0.116. The van der Waals surface area contributed by atoms with E-state index in [-0.39, 0.29) is 10.5 Å². The highest BCUT2D eigenvalue weighted by Gasteiger charge is 2.41. The number of nitrogens with one attached hydrogen (secondary N) is 1. The summed E-state index contributed by atoms with van der Waals surface area (Å²) < 4.78 is 25.3. The third-order valence-electron chi connectivity index (χ3n) is 3.35. The van der Waals surface area contributed by atoms with Crippen LogP contribution in [0.3, 0.4) is 0 Å². The van der Waals surface area contributed by atoms with Crippen molar-refractivity contribution in [1.29, 1.82) is 0 Å². The summed E-state index contributed by atoms with van der Waals surface area (Å²) in [5.74, 6) is -1.41. The largest absolute Gasteiger partial charge is 0.324 e. The van der Waals surface area contributed by atoms with Crippen LogP contribution in [0.5, 0.6) is 0 Å². The first kappa shape index (κ1) is 16.8. The Labute approximate surface area is 148 Å². The van der Waals surface area contributed by atoms with Crippen LogP contribution < -0.4 is 5.32 Å². The number of amides is 2. The fourth-order valence-electron chi connectivity index (χ4n) is 2.34. The van der Waals surface area contributed by atoms with Gasteiger partial charge in [0.05, 0.1) is 5.56 Å². The summed E-state index contributed by atoms with van der Waals surface area (Å²) >= 11 is 11.7. The summed E-state index contributed by atoms with van der Waals surface area (Å²) in [5, 5.41) is 3.10. The molecule has 1 N–H and O–H groups in total. The van der Waals surface area contributed by atoms with Crippen molar-refractivity contribution >= 4 is 50.7 Å². The van der Waals surface area contributed by atoms with Gasteiger partial charge in [0.25, 0.3) is 15.9 Å². The average molecular weight is 385 g/mol. The number of nitrogens with zero attached hydrogens (tertiary/aromatic N) is 1. The Morgan fingerprint density at radius 2 is 1.71 bits per heavy atom. The van der Waals surface area contributed by atoms with E-state index in [0.29, 0.717) is 20.0 Å². The van der Waals surface area contributed by atoms with Gasteiger partial charge in [-0.1, -0.05) is 35.3 Å². The molecule has 0 unspecified atom stereocenters. The van der Waals surface area contributed by atoms with E-state index in [9.17, 15) is 18.0 Å². The number of benzene rings is 2. The normalized spacial score (nSPS) is 15.2. The van der Waals surface area contributed by atoms with Crippen LogP contribution in [0, 0.1) is 0 Å². The molecule has 1 heterocycles. The molecule has 2 amide bonds. The summed E-state index contributed by atoms with van der Waals surface area (Å²) in [6.45, 7) is -0.639. The second-order valence-electron chi connectivity index (χ2n) is 5.02. The molecule has 0 saturated carbocycles. The molecule has 2 aromatic carbocycles. The van der Waals surface area contributed by atoms with Gasteiger partial charge in [0.2, 0.25) is 5.91 Å². The lowest BCUT2D eigenvalue weighted by Crippen LogP contribution is -2.37. The van der Waals surface area contributed by atoms with E-state index in [1.807, 2.05) is 0 Å². The highest BCUT2D eigenvalue weighted by Crippen LogP contribution is 2.29. The smallest absolute Gasteiger partial charge is 0.269 e. The molecule has 1 aliphatic rings. The number of halogens is 2. The molecular weight excluding hydrogens is 375 g/mol. The van der Waals surface area contributed by atoms with Crippen molar-refractivity contribution < 1.29 is 18.0 Å². The summed E-state index contributed by atoms with van der Waals surface area (Å²) in [4.78, 5) is 24.2. The van der Waals surface area contributed by atoms with Gasteiger partial charge in [-0.05, 0) is 30.3 Å². The van der Waals surface area contributed by atoms with Gasteiger partial charge in [0, 0.05) is 15.7 Å². The van der Waals surface area contributed by atoms with Crippen molar-refractivity contribution in [2.24, 2.45) is 0 Å². The maximum absolute atomic E-state index is 12.4. The van der Waals surface area contributed by atoms with Crippen molar-refractivity contribution in [1.82, 2.24) is 4.31 Å². The molecule has 3 rings (SSSR count). The van der Waals surface area contributed by atoms with Crippen LogP contribution >= 0.6 is 23.2 Å². The van der Waals surface area contributed by atoms with Crippen LogP contribution in [0.15, 0.2) is 47.4 Å². The van der Waals surface area contributed by atoms with Gasteiger partial charge < -0.3 is 5.32 Å². The molecule has 0 radical (unpaired) electrons. The molecule has 0 aliphatic carbocycles. The molecule has 9 heteroatoms. The van der Waals surface area contributed by atoms with E-state index in [0.717, 1.165) is 0 Å². The highest BCUT2D eigenvalue weighted by molar-refractivity contribution is 7.90. The quantitative estimate of drug-likeness (QED) is 0.881. The van der Waals surface area contributed by atoms with Gasteiger partial charge >= 0.3 is 0 Å². The fourth-order valence-corrected chi connectivity index (χ4v) is 4.40. The van der Waals surface area contributed by atoms with E-state index in [1.165, 1.54) is 36.4 Å². The second-order valence-corrected chi connectivity index (χ2v) is 7.72. The van der Waals surface area contributed by atoms with Gasteiger partial charge in [-0.25, -0.2) is 12.7 Å². The molecule has 2 aromatic rings. The van der Waals surface area contributed by atoms with Crippen molar-refractivity contribution in [3.05, 3.63) is 58.1 Å². The standard InChI is InChI=1S/C15H10Cl2N2O4S/c16-9-5-10(17)7-11(6-9)18-14(20)8-19-15(21)12-3-1-2-4-13(12)24(19,22)23/h1-7H,8H2,(H,18,20). The Balaban J connectivity index is 1.82. The van der Waals surface area contributed by atoms with Crippen LogP contribution in [0.25, 0.3) is 0 Å². The molecule has 0 saturated heterocycles. The summed E-state index contributed by atoms with van der Waals surface area (Å²) in [7, 11) is -4.03. The average Bonchev–Trinajstić information content (AvgIpc) is 2.68. The number of carbonyl (C=O) groups is 2. The van der Waals surface area contributed by atoms with Gasteiger partial charge in [-0.3, -0.25) is 9.59 Å². The number of carbonyl (C=O) groups excluding carboxylic acids is 2. The predicted molar refractivity (Wildman–Crippen MR) is 89.8 cm³/mol. The van der Waals surface area contributed by atoms with Crippen molar-refractivity contribution in [2.45, 2.75) is 4.90 Å². The molecule has 0 bridgehead atoms. The van der Waals surface area contributed by atoms with E-state index >= 15 is 0 Å². The topological polar surface area (TPSA) is 83.6 Å². The van der Waals surface area contributed by atoms with E-state index < -0.39 is 28.4 Å². The Morgan fingerprint density at radius 3 is 2.33 bits per heavy atom. The Hall–Kier alpha value is -2.09.